The van der Waals surface area contributed by atoms with Crippen LogP contribution < -0.4 is 4.74 Å². The molecule has 1 aromatic heterocycles. The molecule has 1 fully saturated rings. The molecule has 2 aromatic rings. The highest BCUT2D eigenvalue weighted by Crippen LogP contribution is 2.44. The van der Waals surface area contributed by atoms with Crippen LogP contribution in [0.2, 0.25) is 0 Å². The fourth-order valence-corrected chi connectivity index (χ4v) is 5.72. The van der Waals surface area contributed by atoms with E-state index in [9.17, 15) is 10.1 Å². The molecular weight excluding hydrogens is 418 g/mol. The van der Waals surface area contributed by atoms with Crippen molar-refractivity contribution in [2.24, 2.45) is 16.3 Å². The Morgan fingerprint density at radius 1 is 1.28 bits per heavy atom. The van der Waals surface area contributed by atoms with E-state index in [2.05, 4.69) is 31.8 Å². The highest BCUT2D eigenvalue weighted by Gasteiger charge is 2.32. The Bertz CT molecular complexity index is 1030. The van der Waals surface area contributed by atoms with Crippen LogP contribution >= 0.6 is 11.3 Å². The predicted molar refractivity (Wildman–Crippen MR) is 129 cm³/mol. The molecule has 4 rings (SSSR count). The first-order valence-electron chi connectivity index (χ1n) is 11.4. The Balaban J connectivity index is 1.41. The molecule has 1 aliphatic carbocycles. The number of rotatable bonds is 5. The molecule has 32 heavy (non-hydrogen) atoms. The van der Waals surface area contributed by atoms with Crippen molar-refractivity contribution in [1.29, 1.82) is 5.26 Å². The molecule has 1 aromatic carbocycles. The summed E-state index contributed by atoms with van der Waals surface area (Å²) in [4.78, 5) is 20.0. The number of thiophene rings is 1. The van der Waals surface area contributed by atoms with Crippen LogP contribution in [-0.2, 0) is 17.6 Å². The first kappa shape index (κ1) is 22.5. The zero-order valence-corrected chi connectivity index (χ0v) is 20.0. The summed E-state index contributed by atoms with van der Waals surface area (Å²) in [7, 11) is 0. The van der Waals surface area contributed by atoms with E-state index in [1.54, 1.807) is 17.6 Å². The number of hydrogen-bond donors (Lipinski definition) is 0. The number of hydrogen-bond acceptors (Lipinski definition) is 5. The molecule has 0 unspecified atom stereocenters. The molecule has 1 aliphatic heterocycles. The van der Waals surface area contributed by atoms with Crippen molar-refractivity contribution in [2.45, 2.75) is 52.9 Å². The van der Waals surface area contributed by atoms with Crippen LogP contribution in [0.4, 0.5) is 5.00 Å². The van der Waals surface area contributed by atoms with Gasteiger partial charge in [0.05, 0.1) is 5.56 Å². The Hall–Kier alpha value is -2.65. The second kappa shape index (κ2) is 9.46. The molecule has 0 bridgehead atoms. The summed E-state index contributed by atoms with van der Waals surface area (Å²) in [5, 5.41) is 10.5. The fourth-order valence-electron chi connectivity index (χ4n) is 4.50. The molecule has 0 radical (unpaired) electrons. The normalized spacial score (nSPS) is 18.6. The van der Waals surface area contributed by atoms with Gasteiger partial charge in [-0.25, -0.2) is 4.99 Å². The van der Waals surface area contributed by atoms with Crippen molar-refractivity contribution in [1.82, 2.24) is 4.90 Å². The highest BCUT2D eigenvalue weighted by atomic mass is 32.1. The minimum atomic E-state index is 0.0486. The summed E-state index contributed by atoms with van der Waals surface area (Å²) in [6.45, 7) is 8.66. The third kappa shape index (κ3) is 5.05. The van der Waals surface area contributed by atoms with E-state index >= 15 is 0 Å². The first-order valence-corrected chi connectivity index (χ1v) is 12.3. The van der Waals surface area contributed by atoms with E-state index in [1.165, 1.54) is 10.4 Å². The van der Waals surface area contributed by atoms with Gasteiger partial charge in [-0.15, -0.1) is 11.3 Å². The van der Waals surface area contributed by atoms with Crippen LogP contribution in [0.1, 0.15) is 61.6 Å². The lowest BCUT2D eigenvalue weighted by Gasteiger charge is -2.33. The third-order valence-corrected chi connectivity index (χ3v) is 7.78. The van der Waals surface area contributed by atoms with Gasteiger partial charge < -0.3 is 9.64 Å². The quantitative estimate of drug-likeness (QED) is 0.564. The van der Waals surface area contributed by atoms with Crippen LogP contribution in [0.15, 0.2) is 29.3 Å². The van der Waals surface area contributed by atoms with Gasteiger partial charge in [-0.05, 0) is 78.8 Å². The lowest BCUT2D eigenvalue weighted by atomic mass is 9.72. The topological polar surface area (TPSA) is 65.7 Å². The zero-order valence-electron chi connectivity index (χ0n) is 19.2. The summed E-state index contributed by atoms with van der Waals surface area (Å²) < 4.78 is 5.65. The van der Waals surface area contributed by atoms with Crippen LogP contribution in [-0.4, -0.2) is 36.7 Å². The Kier molecular flexibility index (Phi) is 6.66. The van der Waals surface area contributed by atoms with Crippen molar-refractivity contribution >= 4 is 28.5 Å². The SMILES string of the molecule is CC(C)(C)[C@@H]1CCc2c(sc(N=Cc3ccc(OCC(=O)N4CCCC4)cc3)c2C#N)C1. The number of nitriles is 1. The molecule has 0 saturated carbocycles. The molecule has 2 heterocycles. The lowest BCUT2D eigenvalue weighted by Crippen LogP contribution is -2.32. The molecule has 0 N–H and O–H groups in total. The average molecular weight is 450 g/mol. The van der Waals surface area contributed by atoms with Gasteiger partial charge in [-0.3, -0.25) is 4.79 Å². The van der Waals surface area contributed by atoms with Gasteiger partial charge in [-0.1, -0.05) is 20.8 Å². The van der Waals surface area contributed by atoms with E-state index in [0.717, 1.165) is 61.3 Å². The van der Waals surface area contributed by atoms with Crippen molar-refractivity contribution < 1.29 is 9.53 Å². The maximum absolute atomic E-state index is 12.1. The number of benzene rings is 1. The van der Waals surface area contributed by atoms with Gasteiger partial charge in [0.2, 0.25) is 0 Å². The second-order valence-electron chi connectivity index (χ2n) is 9.81. The molecule has 5 nitrogen and oxygen atoms in total. The number of nitrogens with zero attached hydrogens (tertiary/aromatic N) is 3. The van der Waals surface area contributed by atoms with Crippen LogP contribution in [0.3, 0.4) is 0 Å². The summed E-state index contributed by atoms with van der Waals surface area (Å²) in [5.41, 5.74) is 3.16. The van der Waals surface area contributed by atoms with Crippen LogP contribution in [0.5, 0.6) is 5.75 Å². The van der Waals surface area contributed by atoms with E-state index in [1.807, 2.05) is 29.2 Å². The molecule has 2 aliphatic rings. The molecule has 0 spiro atoms. The standard InChI is InChI=1S/C26H31N3O2S/c1-26(2,3)19-8-11-21-22(15-27)25(32-23(21)14-19)28-16-18-6-9-20(10-7-18)31-17-24(30)29-12-4-5-13-29/h6-7,9-10,16,19H,4-5,8,11-14,17H2,1-3H3/t19-/m1/s1. The molecular formula is C26H31N3O2S. The van der Waals surface area contributed by atoms with Crippen molar-refractivity contribution in [3.05, 3.63) is 45.8 Å². The van der Waals surface area contributed by atoms with Gasteiger partial charge in [0.25, 0.3) is 5.91 Å². The highest BCUT2D eigenvalue weighted by molar-refractivity contribution is 7.16. The van der Waals surface area contributed by atoms with Gasteiger partial charge in [0, 0.05) is 24.2 Å². The molecule has 6 heteroatoms. The largest absolute Gasteiger partial charge is 0.484 e. The van der Waals surface area contributed by atoms with Gasteiger partial charge in [0.15, 0.2) is 6.61 Å². The lowest BCUT2D eigenvalue weighted by molar-refractivity contribution is -0.132. The summed E-state index contributed by atoms with van der Waals surface area (Å²) in [6, 6.07) is 9.96. The zero-order chi connectivity index (χ0) is 22.7. The van der Waals surface area contributed by atoms with Gasteiger partial charge in [0.1, 0.15) is 16.8 Å². The minimum absolute atomic E-state index is 0.0486. The maximum Gasteiger partial charge on any atom is 0.260 e. The third-order valence-electron chi connectivity index (χ3n) is 6.62. The number of carbonyl (C=O) groups is 1. The monoisotopic (exact) mass is 449 g/mol. The number of aliphatic imine (C=N–C) groups is 1. The van der Waals surface area contributed by atoms with Gasteiger partial charge >= 0.3 is 0 Å². The minimum Gasteiger partial charge on any atom is -0.484 e. The maximum atomic E-state index is 12.1. The Morgan fingerprint density at radius 3 is 2.66 bits per heavy atom. The number of likely N-dealkylation sites (tertiary alicyclic amines) is 1. The summed E-state index contributed by atoms with van der Waals surface area (Å²) in [5.74, 6) is 1.36. The number of amides is 1. The Labute approximate surface area is 194 Å². The van der Waals surface area contributed by atoms with Crippen molar-refractivity contribution in [3.63, 3.8) is 0 Å². The predicted octanol–water partition coefficient (Wildman–Crippen LogP) is 5.52. The molecule has 168 valence electrons. The van der Waals surface area contributed by atoms with E-state index in [0.29, 0.717) is 11.7 Å². The summed E-state index contributed by atoms with van der Waals surface area (Å²) in [6.07, 6.45) is 7.10. The van der Waals surface area contributed by atoms with E-state index in [-0.39, 0.29) is 17.9 Å². The van der Waals surface area contributed by atoms with Gasteiger partial charge in [-0.2, -0.15) is 5.26 Å². The molecule has 1 saturated heterocycles. The summed E-state index contributed by atoms with van der Waals surface area (Å²) >= 11 is 1.66. The smallest absolute Gasteiger partial charge is 0.260 e. The van der Waals surface area contributed by atoms with Crippen LogP contribution in [0.25, 0.3) is 0 Å². The fraction of sp³-hybridized carbons (Fsp3) is 0.500. The van der Waals surface area contributed by atoms with Crippen molar-refractivity contribution in [3.8, 4) is 11.8 Å². The average Bonchev–Trinajstić information content (AvgIpc) is 3.43. The Morgan fingerprint density at radius 2 is 2.00 bits per heavy atom. The number of fused-ring (bicyclic) bond motifs is 1. The number of carbonyl (C=O) groups excluding carboxylic acids is 1. The second-order valence-corrected chi connectivity index (χ2v) is 10.9. The van der Waals surface area contributed by atoms with E-state index < -0.39 is 0 Å². The molecule has 1 amide bonds. The van der Waals surface area contributed by atoms with E-state index in [4.69, 9.17) is 4.74 Å². The first-order chi connectivity index (χ1) is 15.3. The number of ether oxygens (including phenoxy) is 1. The molecule has 1 atom stereocenters. The van der Waals surface area contributed by atoms with Crippen molar-refractivity contribution in [2.75, 3.05) is 19.7 Å². The van der Waals surface area contributed by atoms with Crippen LogP contribution in [0, 0.1) is 22.7 Å².